The number of aromatic amines is 1. The van der Waals surface area contributed by atoms with E-state index in [1.165, 1.54) is 17.3 Å². The van der Waals surface area contributed by atoms with E-state index in [4.69, 9.17) is 0 Å². The van der Waals surface area contributed by atoms with Gasteiger partial charge in [-0.3, -0.25) is 0 Å². The maximum absolute atomic E-state index is 4.30. The van der Waals surface area contributed by atoms with E-state index in [-0.39, 0.29) is 0 Å². The summed E-state index contributed by atoms with van der Waals surface area (Å²) in [6, 6.07) is 6.06. The number of nitrogens with one attached hydrogen (secondary N) is 1. The van der Waals surface area contributed by atoms with Gasteiger partial charge >= 0.3 is 0 Å². The largest absolute Gasteiger partial charge is 0.348 e. The highest BCUT2D eigenvalue weighted by Crippen LogP contribution is 2.18. The molecule has 2 aromatic heterocycles. The van der Waals surface area contributed by atoms with Gasteiger partial charge in [-0.15, -0.1) is 0 Å². The topological polar surface area (TPSA) is 54.5 Å². The van der Waals surface area contributed by atoms with Crippen LogP contribution in [0.1, 0.15) is 11.3 Å². The van der Waals surface area contributed by atoms with Gasteiger partial charge in [0, 0.05) is 18.3 Å². The van der Waals surface area contributed by atoms with Gasteiger partial charge in [-0.2, -0.15) is 8.75 Å². The minimum atomic E-state index is 0.822. The van der Waals surface area contributed by atoms with E-state index < -0.39 is 0 Å². The Balaban J connectivity index is 2.07. The highest BCUT2D eigenvalue weighted by atomic mass is 32.1. The Morgan fingerprint density at radius 1 is 1.27 bits per heavy atom. The standard InChI is InChI=1S/C10H8N4S/c1-2-7(4-8-5-11-6-12-8)10-9(3-1)13-15-14-10/h1-3,5-6H,4H2,(H,11,12). The first-order valence-electron chi connectivity index (χ1n) is 4.61. The zero-order chi connectivity index (χ0) is 10.1. The summed E-state index contributed by atoms with van der Waals surface area (Å²) in [5.41, 5.74) is 4.25. The molecule has 1 N–H and O–H groups in total. The molecule has 0 atom stereocenters. The van der Waals surface area contributed by atoms with E-state index in [2.05, 4.69) is 24.8 Å². The molecule has 4 nitrogen and oxygen atoms in total. The van der Waals surface area contributed by atoms with Crippen molar-refractivity contribution in [3.63, 3.8) is 0 Å². The van der Waals surface area contributed by atoms with Gasteiger partial charge < -0.3 is 4.98 Å². The average Bonchev–Trinajstić information content (AvgIpc) is 2.87. The normalized spacial score (nSPS) is 10.9. The highest BCUT2D eigenvalue weighted by molar-refractivity contribution is 7.00. The number of aromatic nitrogens is 4. The fraction of sp³-hybridized carbons (Fsp3) is 0.100. The molecule has 0 spiro atoms. The molecular weight excluding hydrogens is 208 g/mol. The van der Waals surface area contributed by atoms with E-state index >= 15 is 0 Å². The van der Waals surface area contributed by atoms with Crippen molar-refractivity contribution in [3.8, 4) is 0 Å². The Kier molecular flexibility index (Phi) is 1.96. The lowest BCUT2D eigenvalue weighted by Crippen LogP contribution is -1.89. The Labute approximate surface area is 90.3 Å². The number of hydrogen-bond donors (Lipinski definition) is 1. The third kappa shape index (κ3) is 1.50. The number of benzene rings is 1. The summed E-state index contributed by atoms with van der Waals surface area (Å²) < 4.78 is 8.51. The zero-order valence-corrected chi connectivity index (χ0v) is 8.66. The molecule has 0 saturated carbocycles. The molecule has 74 valence electrons. The molecule has 2 heterocycles. The van der Waals surface area contributed by atoms with Gasteiger partial charge in [-0.25, -0.2) is 4.98 Å². The van der Waals surface area contributed by atoms with E-state index in [0.717, 1.165) is 23.1 Å². The summed E-state index contributed by atoms with van der Waals surface area (Å²) in [6.45, 7) is 0. The molecule has 0 unspecified atom stereocenters. The van der Waals surface area contributed by atoms with Gasteiger partial charge in [-0.05, 0) is 11.6 Å². The van der Waals surface area contributed by atoms with Gasteiger partial charge in [0.05, 0.1) is 18.1 Å². The maximum atomic E-state index is 4.30. The fourth-order valence-corrected chi connectivity index (χ4v) is 2.16. The fourth-order valence-electron chi connectivity index (χ4n) is 1.59. The third-order valence-electron chi connectivity index (χ3n) is 2.31. The number of imidazole rings is 1. The van der Waals surface area contributed by atoms with Crippen molar-refractivity contribution in [1.82, 2.24) is 18.7 Å². The first kappa shape index (κ1) is 8.55. The molecule has 5 heteroatoms. The predicted molar refractivity (Wildman–Crippen MR) is 58.8 cm³/mol. The molecule has 0 radical (unpaired) electrons. The highest BCUT2D eigenvalue weighted by Gasteiger charge is 2.05. The zero-order valence-electron chi connectivity index (χ0n) is 7.84. The van der Waals surface area contributed by atoms with Crippen LogP contribution in [0, 0.1) is 0 Å². The van der Waals surface area contributed by atoms with Gasteiger partial charge in [0.25, 0.3) is 0 Å². The maximum Gasteiger partial charge on any atom is 0.108 e. The number of rotatable bonds is 2. The summed E-state index contributed by atoms with van der Waals surface area (Å²) >= 11 is 1.25. The summed E-state index contributed by atoms with van der Waals surface area (Å²) in [6.07, 6.45) is 4.34. The first-order valence-corrected chi connectivity index (χ1v) is 5.34. The Morgan fingerprint density at radius 3 is 3.13 bits per heavy atom. The van der Waals surface area contributed by atoms with Crippen LogP contribution in [0.4, 0.5) is 0 Å². The second-order valence-corrected chi connectivity index (χ2v) is 3.83. The lowest BCUT2D eigenvalue weighted by atomic mass is 10.1. The molecule has 0 bridgehead atoms. The number of H-pyrrole nitrogens is 1. The lowest BCUT2D eigenvalue weighted by Gasteiger charge is -1.98. The number of fused-ring (bicyclic) bond motifs is 1. The van der Waals surface area contributed by atoms with E-state index in [0.29, 0.717) is 0 Å². The van der Waals surface area contributed by atoms with E-state index in [9.17, 15) is 0 Å². The van der Waals surface area contributed by atoms with Gasteiger partial charge in [0.15, 0.2) is 0 Å². The van der Waals surface area contributed by atoms with E-state index in [1.54, 1.807) is 6.33 Å². The number of hydrogen-bond acceptors (Lipinski definition) is 4. The van der Waals surface area contributed by atoms with Crippen molar-refractivity contribution in [2.75, 3.05) is 0 Å². The van der Waals surface area contributed by atoms with Crippen molar-refractivity contribution in [2.45, 2.75) is 6.42 Å². The Bertz CT molecular complexity index is 570. The Hall–Kier alpha value is -1.75. The van der Waals surface area contributed by atoms with Gasteiger partial charge in [-0.1, -0.05) is 12.1 Å². The SMILES string of the molecule is c1cc(Cc2cnc[nH]2)c2nsnc2c1. The molecule has 0 amide bonds. The van der Waals surface area contributed by atoms with Crippen LogP contribution in [0.2, 0.25) is 0 Å². The average molecular weight is 216 g/mol. The minimum absolute atomic E-state index is 0.822. The second-order valence-electron chi connectivity index (χ2n) is 3.30. The lowest BCUT2D eigenvalue weighted by molar-refractivity contribution is 1.12. The molecule has 1 aromatic carbocycles. The predicted octanol–water partition coefficient (Wildman–Crippen LogP) is 2.01. The van der Waals surface area contributed by atoms with Gasteiger partial charge in [0.1, 0.15) is 11.0 Å². The molecule has 0 saturated heterocycles. The summed E-state index contributed by atoms with van der Waals surface area (Å²) in [4.78, 5) is 7.08. The molecule has 0 fully saturated rings. The molecule has 3 rings (SSSR count). The van der Waals surface area contributed by atoms with Crippen molar-refractivity contribution in [3.05, 3.63) is 42.0 Å². The smallest absolute Gasteiger partial charge is 0.108 e. The van der Waals surface area contributed by atoms with Gasteiger partial charge in [0.2, 0.25) is 0 Å². The molecule has 0 aliphatic rings. The van der Waals surface area contributed by atoms with Crippen molar-refractivity contribution < 1.29 is 0 Å². The first-order chi connectivity index (χ1) is 7.43. The monoisotopic (exact) mass is 216 g/mol. The molecular formula is C10H8N4S. The van der Waals surface area contributed by atoms with Crippen LogP contribution < -0.4 is 0 Å². The molecule has 3 aromatic rings. The van der Waals surface area contributed by atoms with Crippen LogP contribution in [0.5, 0.6) is 0 Å². The summed E-state index contributed by atoms with van der Waals surface area (Å²) in [5, 5.41) is 0. The quantitative estimate of drug-likeness (QED) is 0.712. The van der Waals surface area contributed by atoms with Crippen LogP contribution in [-0.4, -0.2) is 18.7 Å². The van der Waals surface area contributed by atoms with Crippen molar-refractivity contribution in [1.29, 1.82) is 0 Å². The number of nitrogens with zero attached hydrogens (tertiary/aromatic N) is 3. The molecule has 0 aliphatic carbocycles. The third-order valence-corrected chi connectivity index (χ3v) is 2.85. The summed E-state index contributed by atoms with van der Waals surface area (Å²) in [7, 11) is 0. The molecule has 15 heavy (non-hydrogen) atoms. The summed E-state index contributed by atoms with van der Waals surface area (Å²) in [5.74, 6) is 0. The van der Waals surface area contributed by atoms with Crippen LogP contribution in [0.25, 0.3) is 11.0 Å². The van der Waals surface area contributed by atoms with E-state index in [1.807, 2.05) is 18.3 Å². The van der Waals surface area contributed by atoms with Crippen molar-refractivity contribution in [2.24, 2.45) is 0 Å². The molecule has 0 aliphatic heterocycles. The van der Waals surface area contributed by atoms with Crippen LogP contribution in [0.15, 0.2) is 30.7 Å². The second kappa shape index (κ2) is 3.43. The van der Waals surface area contributed by atoms with Crippen LogP contribution in [0.3, 0.4) is 0 Å². The van der Waals surface area contributed by atoms with Crippen LogP contribution in [-0.2, 0) is 6.42 Å². The van der Waals surface area contributed by atoms with Crippen molar-refractivity contribution >= 4 is 22.8 Å². The minimum Gasteiger partial charge on any atom is -0.348 e. The van der Waals surface area contributed by atoms with Crippen LogP contribution >= 0.6 is 11.7 Å². The Morgan fingerprint density at radius 2 is 2.27 bits per heavy atom.